The quantitative estimate of drug-likeness (QED) is 0.761. The fourth-order valence-corrected chi connectivity index (χ4v) is 2.19. The topological polar surface area (TPSA) is 67.2 Å². The highest BCUT2D eigenvalue weighted by molar-refractivity contribution is 6.31. The monoisotopic (exact) mass is 253 g/mol. The van der Waals surface area contributed by atoms with Crippen LogP contribution in [-0.2, 0) is 0 Å². The van der Waals surface area contributed by atoms with Crippen LogP contribution < -0.4 is 16.4 Å². The van der Waals surface area contributed by atoms with Crippen LogP contribution in [0.2, 0.25) is 5.02 Å². The second-order valence-corrected chi connectivity index (χ2v) is 4.73. The smallest absolute Gasteiger partial charge is 0.250 e. The molecule has 4 nitrogen and oxygen atoms in total. The van der Waals surface area contributed by atoms with E-state index < -0.39 is 5.91 Å². The zero-order valence-corrected chi connectivity index (χ0v) is 10.3. The Hall–Kier alpha value is -1.26. The zero-order valence-electron chi connectivity index (χ0n) is 9.50. The van der Waals surface area contributed by atoms with E-state index in [1.165, 1.54) is 0 Å². The first-order valence-electron chi connectivity index (χ1n) is 5.71. The Morgan fingerprint density at radius 3 is 3.06 bits per heavy atom. The van der Waals surface area contributed by atoms with Crippen molar-refractivity contribution in [2.24, 2.45) is 11.7 Å². The molecule has 1 saturated heterocycles. The van der Waals surface area contributed by atoms with E-state index in [0.29, 0.717) is 16.5 Å². The number of amides is 1. The Labute approximate surface area is 106 Å². The molecule has 1 heterocycles. The maximum Gasteiger partial charge on any atom is 0.250 e. The molecule has 1 aliphatic rings. The second kappa shape index (κ2) is 5.38. The molecule has 4 N–H and O–H groups in total. The van der Waals surface area contributed by atoms with Gasteiger partial charge in [0.05, 0.1) is 5.56 Å². The number of carbonyl (C=O) groups is 1. The van der Waals surface area contributed by atoms with Crippen molar-refractivity contribution in [2.45, 2.75) is 6.42 Å². The molecule has 1 unspecified atom stereocenters. The number of anilines is 1. The third-order valence-corrected chi connectivity index (χ3v) is 3.23. The standard InChI is InChI=1S/C12H16ClN3O/c13-9-1-2-11(10(5-9)12(14)17)16-7-8-3-4-15-6-8/h1-2,5,8,15-16H,3-4,6-7H2,(H2,14,17). The third-order valence-electron chi connectivity index (χ3n) is 2.99. The van der Waals surface area contributed by atoms with Crippen LogP contribution in [0.4, 0.5) is 5.69 Å². The molecular formula is C12H16ClN3O. The predicted octanol–water partition coefficient (Wildman–Crippen LogP) is 1.46. The fourth-order valence-electron chi connectivity index (χ4n) is 2.02. The molecule has 5 heteroatoms. The van der Waals surface area contributed by atoms with Crippen molar-refractivity contribution in [3.8, 4) is 0 Å². The number of hydrogen-bond donors (Lipinski definition) is 3. The fraction of sp³-hybridized carbons (Fsp3) is 0.417. The number of halogens is 1. The van der Waals surface area contributed by atoms with Crippen LogP contribution >= 0.6 is 11.6 Å². The molecule has 1 atom stereocenters. The van der Waals surface area contributed by atoms with Gasteiger partial charge in [-0.05, 0) is 43.6 Å². The Morgan fingerprint density at radius 2 is 2.41 bits per heavy atom. The summed E-state index contributed by atoms with van der Waals surface area (Å²) in [7, 11) is 0. The van der Waals surface area contributed by atoms with Gasteiger partial charge in [0.1, 0.15) is 0 Å². The highest BCUT2D eigenvalue weighted by Gasteiger charge is 2.15. The van der Waals surface area contributed by atoms with E-state index in [1.807, 2.05) is 0 Å². The lowest BCUT2D eigenvalue weighted by atomic mass is 10.1. The number of hydrogen-bond acceptors (Lipinski definition) is 3. The van der Waals surface area contributed by atoms with Crippen LogP contribution in [0, 0.1) is 5.92 Å². The molecule has 1 amide bonds. The number of carbonyl (C=O) groups excluding carboxylic acids is 1. The SMILES string of the molecule is NC(=O)c1cc(Cl)ccc1NCC1CCNC1. The minimum absolute atomic E-state index is 0.448. The van der Waals surface area contributed by atoms with Crippen molar-refractivity contribution in [2.75, 3.05) is 25.0 Å². The van der Waals surface area contributed by atoms with Crippen molar-refractivity contribution >= 4 is 23.2 Å². The van der Waals surface area contributed by atoms with Gasteiger partial charge in [0.25, 0.3) is 5.91 Å². The predicted molar refractivity (Wildman–Crippen MR) is 69.4 cm³/mol. The zero-order chi connectivity index (χ0) is 12.3. The lowest BCUT2D eigenvalue weighted by Crippen LogP contribution is -2.20. The number of primary amides is 1. The van der Waals surface area contributed by atoms with Gasteiger partial charge in [0, 0.05) is 17.3 Å². The van der Waals surface area contributed by atoms with Gasteiger partial charge in [-0.3, -0.25) is 4.79 Å². The summed E-state index contributed by atoms with van der Waals surface area (Å²) in [6.45, 7) is 2.93. The average molecular weight is 254 g/mol. The molecule has 1 aromatic carbocycles. The highest BCUT2D eigenvalue weighted by Crippen LogP contribution is 2.21. The van der Waals surface area contributed by atoms with Gasteiger partial charge in [-0.25, -0.2) is 0 Å². The summed E-state index contributed by atoms with van der Waals surface area (Å²) in [5, 5.41) is 7.09. The Balaban J connectivity index is 2.06. The molecule has 0 radical (unpaired) electrons. The summed E-state index contributed by atoms with van der Waals surface area (Å²) >= 11 is 5.84. The summed E-state index contributed by atoms with van der Waals surface area (Å²) in [6.07, 6.45) is 1.16. The number of nitrogens with two attached hydrogens (primary N) is 1. The van der Waals surface area contributed by atoms with Crippen LogP contribution in [0.5, 0.6) is 0 Å². The Morgan fingerprint density at radius 1 is 1.59 bits per heavy atom. The van der Waals surface area contributed by atoms with Gasteiger partial charge >= 0.3 is 0 Å². The van der Waals surface area contributed by atoms with Crippen molar-refractivity contribution in [3.63, 3.8) is 0 Å². The average Bonchev–Trinajstić information content (AvgIpc) is 2.80. The van der Waals surface area contributed by atoms with E-state index in [2.05, 4.69) is 10.6 Å². The van der Waals surface area contributed by atoms with Gasteiger partial charge in [0.15, 0.2) is 0 Å². The maximum absolute atomic E-state index is 11.3. The summed E-state index contributed by atoms with van der Waals surface area (Å²) in [6, 6.07) is 5.15. The van der Waals surface area contributed by atoms with Gasteiger partial charge in [-0.1, -0.05) is 11.6 Å². The minimum Gasteiger partial charge on any atom is -0.384 e. The normalized spacial score (nSPS) is 19.2. The van der Waals surface area contributed by atoms with Crippen LogP contribution in [0.25, 0.3) is 0 Å². The van der Waals surface area contributed by atoms with Crippen LogP contribution in [0.3, 0.4) is 0 Å². The Bertz CT molecular complexity index is 416. The minimum atomic E-state index is -0.459. The summed E-state index contributed by atoms with van der Waals surface area (Å²) in [4.78, 5) is 11.3. The molecule has 0 saturated carbocycles. The van der Waals surface area contributed by atoms with E-state index in [9.17, 15) is 4.79 Å². The highest BCUT2D eigenvalue weighted by atomic mass is 35.5. The molecule has 2 rings (SSSR count). The lowest BCUT2D eigenvalue weighted by Gasteiger charge is -2.13. The first kappa shape index (κ1) is 12.2. The molecule has 0 aliphatic carbocycles. The Kier molecular flexibility index (Phi) is 3.86. The first-order chi connectivity index (χ1) is 8.16. The summed E-state index contributed by atoms with van der Waals surface area (Å²) in [5.41, 5.74) is 6.52. The molecule has 17 heavy (non-hydrogen) atoms. The van der Waals surface area contributed by atoms with Crippen LogP contribution in [0.15, 0.2) is 18.2 Å². The van der Waals surface area contributed by atoms with Gasteiger partial charge in [-0.2, -0.15) is 0 Å². The van der Waals surface area contributed by atoms with Crippen molar-refractivity contribution in [3.05, 3.63) is 28.8 Å². The van der Waals surface area contributed by atoms with E-state index >= 15 is 0 Å². The maximum atomic E-state index is 11.3. The van der Waals surface area contributed by atoms with Gasteiger partial charge in [0.2, 0.25) is 0 Å². The molecule has 1 aliphatic heterocycles. The first-order valence-corrected chi connectivity index (χ1v) is 6.08. The van der Waals surface area contributed by atoms with Gasteiger partial charge < -0.3 is 16.4 Å². The van der Waals surface area contributed by atoms with Crippen molar-refractivity contribution in [1.82, 2.24) is 5.32 Å². The molecule has 1 aromatic rings. The molecule has 0 bridgehead atoms. The molecule has 0 aromatic heterocycles. The van der Waals surface area contributed by atoms with Crippen LogP contribution in [0.1, 0.15) is 16.8 Å². The van der Waals surface area contributed by atoms with E-state index in [0.717, 1.165) is 31.7 Å². The molecular weight excluding hydrogens is 238 g/mol. The van der Waals surface area contributed by atoms with E-state index in [-0.39, 0.29) is 0 Å². The summed E-state index contributed by atoms with van der Waals surface area (Å²) in [5.74, 6) is 0.144. The largest absolute Gasteiger partial charge is 0.384 e. The van der Waals surface area contributed by atoms with Crippen molar-refractivity contribution in [1.29, 1.82) is 0 Å². The third kappa shape index (κ3) is 3.11. The number of nitrogens with one attached hydrogen (secondary N) is 2. The van der Waals surface area contributed by atoms with Crippen molar-refractivity contribution < 1.29 is 4.79 Å². The van der Waals surface area contributed by atoms with Gasteiger partial charge in [-0.15, -0.1) is 0 Å². The number of benzene rings is 1. The number of rotatable bonds is 4. The van der Waals surface area contributed by atoms with Crippen LogP contribution in [-0.4, -0.2) is 25.5 Å². The molecule has 92 valence electrons. The van der Waals surface area contributed by atoms with E-state index in [4.69, 9.17) is 17.3 Å². The lowest BCUT2D eigenvalue weighted by molar-refractivity contribution is 0.100. The molecule has 1 fully saturated rings. The second-order valence-electron chi connectivity index (χ2n) is 4.29. The molecule has 0 spiro atoms. The summed E-state index contributed by atoms with van der Waals surface area (Å²) < 4.78 is 0. The van der Waals surface area contributed by atoms with E-state index in [1.54, 1.807) is 18.2 Å².